The van der Waals surface area contributed by atoms with Crippen LogP contribution >= 0.6 is 12.4 Å². The summed E-state index contributed by atoms with van der Waals surface area (Å²) in [5.41, 5.74) is 0.259. The topological polar surface area (TPSA) is 32.3 Å². The zero-order valence-electron chi connectivity index (χ0n) is 12.2. The summed E-state index contributed by atoms with van der Waals surface area (Å²) in [6.45, 7) is 5.47. The van der Waals surface area contributed by atoms with Crippen LogP contribution in [-0.2, 0) is 11.2 Å². The van der Waals surface area contributed by atoms with Crippen molar-refractivity contribution in [3.05, 3.63) is 35.4 Å². The number of halogens is 3. The number of rotatable bonds is 3. The van der Waals surface area contributed by atoms with Crippen LogP contribution in [0.3, 0.4) is 0 Å². The van der Waals surface area contributed by atoms with Crippen molar-refractivity contribution in [1.29, 1.82) is 0 Å². The van der Waals surface area contributed by atoms with Gasteiger partial charge in [0.25, 0.3) is 0 Å². The Hall–Kier alpha value is -1.20. The van der Waals surface area contributed by atoms with Crippen LogP contribution in [0, 0.1) is 11.6 Å². The Bertz CT molecular complexity index is 499. The van der Waals surface area contributed by atoms with Crippen molar-refractivity contribution in [3.63, 3.8) is 0 Å². The molecule has 1 aromatic carbocycles. The zero-order valence-corrected chi connectivity index (χ0v) is 13.1. The van der Waals surface area contributed by atoms with Crippen LogP contribution in [0.2, 0.25) is 0 Å². The number of amides is 1. The highest BCUT2D eigenvalue weighted by Crippen LogP contribution is 2.16. The summed E-state index contributed by atoms with van der Waals surface area (Å²) in [5.74, 6) is -1.71. The molecule has 0 aromatic heterocycles. The van der Waals surface area contributed by atoms with Gasteiger partial charge in [0, 0.05) is 31.6 Å². The quantitative estimate of drug-likeness (QED) is 0.929. The Labute approximate surface area is 130 Å². The molecule has 0 radical (unpaired) electrons. The molecule has 3 nitrogen and oxygen atoms in total. The number of benzene rings is 1. The third-order valence-electron chi connectivity index (χ3n) is 3.99. The number of hydrogen-bond donors (Lipinski definition) is 1. The lowest BCUT2D eigenvalue weighted by Gasteiger charge is -2.38. The summed E-state index contributed by atoms with van der Waals surface area (Å²) >= 11 is 0. The van der Waals surface area contributed by atoms with Crippen LogP contribution in [-0.4, -0.2) is 36.0 Å². The lowest BCUT2D eigenvalue weighted by atomic mass is 10.0. The highest BCUT2D eigenvalue weighted by Gasteiger charge is 2.27. The lowest BCUT2D eigenvalue weighted by Crippen LogP contribution is -2.57. The summed E-state index contributed by atoms with van der Waals surface area (Å²) in [6, 6.07) is 4.44. The molecule has 1 amide bonds. The third-order valence-corrected chi connectivity index (χ3v) is 3.99. The standard InChI is InChI=1S/C15H20F2N2O.ClH/c1-10-11(2)19(9-8-18-10)14(20)7-6-12-4-3-5-13(16)15(12)17;/h3-5,10-11,18H,6-9H2,1-2H3;1H. The number of nitrogens with one attached hydrogen (secondary N) is 1. The van der Waals surface area contributed by atoms with E-state index < -0.39 is 11.6 Å². The van der Waals surface area contributed by atoms with E-state index in [1.165, 1.54) is 12.1 Å². The average Bonchev–Trinajstić information content (AvgIpc) is 2.43. The van der Waals surface area contributed by atoms with Crippen molar-refractivity contribution in [2.75, 3.05) is 13.1 Å². The fourth-order valence-electron chi connectivity index (χ4n) is 2.54. The molecule has 1 aliphatic heterocycles. The van der Waals surface area contributed by atoms with Gasteiger partial charge >= 0.3 is 0 Å². The van der Waals surface area contributed by atoms with Crippen molar-refractivity contribution in [2.24, 2.45) is 0 Å². The van der Waals surface area contributed by atoms with Crippen LogP contribution < -0.4 is 5.32 Å². The molecule has 118 valence electrons. The van der Waals surface area contributed by atoms with Gasteiger partial charge in [0.05, 0.1) is 0 Å². The van der Waals surface area contributed by atoms with E-state index >= 15 is 0 Å². The summed E-state index contributed by atoms with van der Waals surface area (Å²) in [7, 11) is 0. The first-order chi connectivity index (χ1) is 9.50. The van der Waals surface area contributed by atoms with Gasteiger partial charge in [-0.05, 0) is 31.9 Å². The predicted octanol–water partition coefficient (Wildman–Crippen LogP) is 2.53. The van der Waals surface area contributed by atoms with E-state index in [4.69, 9.17) is 0 Å². The van der Waals surface area contributed by atoms with E-state index in [9.17, 15) is 13.6 Å². The van der Waals surface area contributed by atoms with Gasteiger partial charge in [0.15, 0.2) is 11.6 Å². The van der Waals surface area contributed by atoms with Crippen molar-refractivity contribution in [1.82, 2.24) is 10.2 Å². The van der Waals surface area contributed by atoms with Crippen LogP contribution in [0.5, 0.6) is 0 Å². The van der Waals surface area contributed by atoms with E-state index in [-0.39, 0.29) is 48.8 Å². The first kappa shape index (κ1) is 17.9. The highest BCUT2D eigenvalue weighted by molar-refractivity contribution is 5.85. The molecule has 0 saturated carbocycles. The fourth-order valence-corrected chi connectivity index (χ4v) is 2.54. The molecule has 2 rings (SSSR count). The van der Waals surface area contributed by atoms with Gasteiger partial charge in [-0.15, -0.1) is 12.4 Å². The Balaban J connectivity index is 0.00000220. The minimum absolute atomic E-state index is 0. The molecule has 6 heteroatoms. The molecule has 0 spiro atoms. The number of carbonyl (C=O) groups excluding carboxylic acids is 1. The molecule has 21 heavy (non-hydrogen) atoms. The van der Waals surface area contributed by atoms with Gasteiger partial charge in [-0.2, -0.15) is 0 Å². The average molecular weight is 319 g/mol. The molecule has 1 aromatic rings. The maximum absolute atomic E-state index is 13.5. The lowest BCUT2D eigenvalue weighted by molar-refractivity contribution is -0.134. The largest absolute Gasteiger partial charge is 0.337 e. The second-order valence-electron chi connectivity index (χ2n) is 5.28. The minimum Gasteiger partial charge on any atom is -0.337 e. The van der Waals surface area contributed by atoms with Gasteiger partial charge < -0.3 is 10.2 Å². The van der Waals surface area contributed by atoms with Crippen LogP contribution in [0.15, 0.2) is 18.2 Å². The second kappa shape index (κ2) is 7.71. The van der Waals surface area contributed by atoms with E-state index in [0.717, 1.165) is 12.6 Å². The van der Waals surface area contributed by atoms with Crippen molar-refractivity contribution in [2.45, 2.75) is 38.8 Å². The molecule has 2 atom stereocenters. The normalized spacial score (nSPS) is 21.8. The smallest absolute Gasteiger partial charge is 0.223 e. The SMILES string of the molecule is CC1NCCN(C(=O)CCc2cccc(F)c2F)C1C.Cl. The Morgan fingerprint density at radius 2 is 2.10 bits per heavy atom. The molecule has 1 fully saturated rings. The van der Waals surface area contributed by atoms with Crippen molar-refractivity contribution in [3.8, 4) is 0 Å². The van der Waals surface area contributed by atoms with E-state index in [2.05, 4.69) is 5.32 Å². The molecule has 1 heterocycles. The molecule has 0 bridgehead atoms. The second-order valence-corrected chi connectivity index (χ2v) is 5.28. The summed E-state index contributed by atoms with van der Waals surface area (Å²) in [5, 5.41) is 3.30. The summed E-state index contributed by atoms with van der Waals surface area (Å²) < 4.78 is 26.6. The Morgan fingerprint density at radius 3 is 2.81 bits per heavy atom. The maximum atomic E-state index is 13.5. The Morgan fingerprint density at radius 1 is 1.38 bits per heavy atom. The van der Waals surface area contributed by atoms with Crippen molar-refractivity contribution < 1.29 is 13.6 Å². The Kier molecular flexibility index (Phi) is 6.55. The van der Waals surface area contributed by atoms with Gasteiger partial charge in [-0.3, -0.25) is 4.79 Å². The van der Waals surface area contributed by atoms with Gasteiger partial charge in [-0.1, -0.05) is 12.1 Å². The van der Waals surface area contributed by atoms with Gasteiger partial charge in [-0.25, -0.2) is 8.78 Å². The van der Waals surface area contributed by atoms with E-state index in [1.54, 1.807) is 0 Å². The molecule has 1 N–H and O–H groups in total. The number of hydrogen-bond acceptors (Lipinski definition) is 2. The summed E-state index contributed by atoms with van der Waals surface area (Å²) in [4.78, 5) is 14.0. The van der Waals surface area contributed by atoms with Crippen LogP contribution in [0.25, 0.3) is 0 Å². The van der Waals surface area contributed by atoms with Crippen molar-refractivity contribution >= 4 is 18.3 Å². The number of aryl methyl sites for hydroxylation is 1. The fraction of sp³-hybridized carbons (Fsp3) is 0.533. The molecule has 0 aliphatic carbocycles. The molecular formula is C15H21ClF2N2O. The van der Waals surface area contributed by atoms with Gasteiger partial charge in [0.2, 0.25) is 5.91 Å². The number of piperazine rings is 1. The van der Waals surface area contributed by atoms with E-state index in [1.807, 2.05) is 18.7 Å². The number of nitrogens with zero attached hydrogens (tertiary/aromatic N) is 1. The van der Waals surface area contributed by atoms with E-state index in [0.29, 0.717) is 6.54 Å². The maximum Gasteiger partial charge on any atom is 0.223 e. The predicted molar refractivity (Wildman–Crippen MR) is 80.6 cm³/mol. The highest BCUT2D eigenvalue weighted by atomic mass is 35.5. The summed E-state index contributed by atoms with van der Waals surface area (Å²) in [6.07, 6.45) is 0.435. The number of carbonyl (C=O) groups is 1. The first-order valence-corrected chi connectivity index (χ1v) is 6.96. The van der Waals surface area contributed by atoms with Crippen LogP contribution in [0.1, 0.15) is 25.8 Å². The third kappa shape index (κ3) is 4.14. The molecular weight excluding hydrogens is 298 g/mol. The van der Waals surface area contributed by atoms with Crippen LogP contribution in [0.4, 0.5) is 8.78 Å². The molecule has 2 unspecified atom stereocenters. The minimum atomic E-state index is -0.862. The first-order valence-electron chi connectivity index (χ1n) is 6.96. The molecule has 1 saturated heterocycles. The molecule has 1 aliphatic rings. The van der Waals surface area contributed by atoms with Gasteiger partial charge in [0.1, 0.15) is 0 Å². The monoisotopic (exact) mass is 318 g/mol. The zero-order chi connectivity index (χ0) is 14.7.